The SMILES string of the molecule is Cc1ccc(-c2[nH]c3ccc(C)cc3c2C#N)cc1.Cc1ccc(-c2c(C#N)c3cc(C)ccc3n2Cc2ccc(OCCCl)cc2)cc1.Cc1ccc(-c2cc3cc(C)ccc3[nH]2)cc1.ClCCOc1ccc(CBr)cc1.F.N#Cc1c(-c2ccc(O)cc2)n(Cc2ccc(OCCN3CCCCC3)cc2)c2ccc(O)cc12.O=C=NS(=O)(=O)Cl.OCc1ccc(OCCCl)cc1.[3HH]. The van der Waals surface area contributed by atoms with Crippen LogP contribution in [0.3, 0.4) is 0 Å². The van der Waals surface area contributed by atoms with E-state index in [4.69, 9.17) is 63.7 Å². The van der Waals surface area contributed by atoms with E-state index in [-0.39, 0.29) is 24.2 Å². The van der Waals surface area contributed by atoms with Crippen molar-refractivity contribution in [1.29, 1.82) is 15.8 Å². The number of alkyl halides is 4. The lowest BCUT2D eigenvalue weighted by molar-refractivity contribution is 0.183. The Kier molecular flexibility index (Phi) is 39.2. The normalized spacial score (nSPS) is 11.4. The number of phenols is 2. The highest BCUT2D eigenvalue weighted by Crippen LogP contribution is 2.39. The third-order valence-electron chi connectivity index (χ3n) is 21.5. The number of aromatic nitrogens is 4. The highest BCUT2D eigenvalue weighted by Gasteiger charge is 2.23. The van der Waals surface area contributed by atoms with E-state index in [1.165, 1.54) is 87.9 Å². The van der Waals surface area contributed by atoms with Crippen molar-refractivity contribution in [1.82, 2.24) is 24.0 Å². The van der Waals surface area contributed by atoms with Crippen molar-refractivity contribution >= 4 is 120 Å². The number of halogens is 6. The summed E-state index contributed by atoms with van der Waals surface area (Å²) in [6, 6.07) is 96.8. The molecule has 1 aliphatic rings. The quantitative estimate of drug-likeness (QED) is 0.0163. The summed E-state index contributed by atoms with van der Waals surface area (Å²) in [7, 11) is 0.376. The molecule has 12 aromatic carbocycles. The van der Waals surface area contributed by atoms with Crippen LogP contribution in [0.25, 0.3) is 88.6 Å². The number of aromatic hydroxyl groups is 2. The van der Waals surface area contributed by atoms with E-state index in [1.807, 2.05) is 104 Å². The number of piperidine rings is 1. The van der Waals surface area contributed by atoms with Gasteiger partial charge in [-0.3, -0.25) is 9.60 Å². The number of ether oxygens (including phenoxy) is 4. The first kappa shape index (κ1) is 102. The topological polar surface area (TPSA) is 277 Å². The van der Waals surface area contributed by atoms with Crippen LogP contribution in [0.15, 0.2) is 277 Å². The molecule has 686 valence electrons. The fourth-order valence-corrected chi connectivity index (χ4v) is 15.7. The predicted molar refractivity (Wildman–Crippen MR) is 543 cm³/mol. The molecule has 0 unspecified atom stereocenters. The highest BCUT2D eigenvalue weighted by atomic mass is 79.9. The number of benzene rings is 12. The van der Waals surface area contributed by atoms with Crippen LogP contribution in [-0.2, 0) is 39.1 Å². The van der Waals surface area contributed by atoms with E-state index >= 15 is 0 Å². The van der Waals surface area contributed by atoms with Gasteiger partial charge < -0.3 is 53.4 Å². The molecule has 5 heterocycles. The van der Waals surface area contributed by atoms with E-state index in [0.717, 1.165) is 135 Å². The maximum Gasteiger partial charge on any atom is 0.350 e. The van der Waals surface area contributed by atoms with Gasteiger partial charge in [0.15, 0.2) is 0 Å². The van der Waals surface area contributed by atoms with Gasteiger partial charge in [0.05, 0.1) is 69.1 Å². The number of nitrogens with one attached hydrogen (secondary N) is 2. The Labute approximate surface area is 804 Å². The van der Waals surface area contributed by atoms with Gasteiger partial charge in [-0.25, -0.2) is 4.79 Å². The Balaban J connectivity index is 0.000000185. The molecule has 1 saturated heterocycles. The summed E-state index contributed by atoms with van der Waals surface area (Å²) in [5, 5.41) is 62.9. The first-order valence-electron chi connectivity index (χ1n) is 42.8. The molecule has 0 amide bonds. The largest absolute Gasteiger partial charge is 0.508 e. The van der Waals surface area contributed by atoms with Crippen LogP contribution in [0.2, 0.25) is 0 Å². The molecular weight excluding hydrogens is 1840 g/mol. The molecule has 0 spiro atoms. The van der Waals surface area contributed by atoms with Crippen molar-refractivity contribution in [2.75, 3.05) is 63.7 Å². The Morgan fingerprint density at radius 1 is 0.436 bits per heavy atom. The Morgan fingerprint density at radius 3 is 1.27 bits per heavy atom. The molecule has 19 nitrogen and oxygen atoms in total. The van der Waals surface area contributed by atoms with Crippen molar-refractivity contribution < 1.29 is 53.6 Å². The van der Waals surface area contributed by atoms with Crippen LogP contribution in [0.5, 0.6) is 34.5 Å². The number of H-pyrrole nitrogens is 2. The number of aryl methyl sites for hydroxylation is 6. The van der Waals surface area contributed by atoms with E-state index in [0.29, 0.717) is 68.1 Å². The molecule has 4 aromatic heterocycles. The van der Waals surface area contributed by atoms with Gasteiger partial charge in [0.2, 0.25) is 0 Å². The molecule has 133 heavy (non-hydrogen) atoms. The molecule has 17 rings (SSSR count). The highest BCUT2D eigenvalue weighted by molar-refractivity contribution is 9.08. The second kappa shape index (κ2) is 51.1. The van der Waals surface area contributed by atoms with Crippen LogP contribution in [0.1, 0.15) is 93.0 Å². The van der Waals surface area contributed by atoms with Crippen LogP contribution < -0.4 is 18.9 Å². The van der Waals surface area contributed by atoms with Crippen LogP contribution in [0, 0.1) is 75.5 Å². The summed E-state index contributed by atoms with van der Waals surface area (Å²) >= 11 is 20.0. The average Bonchev–Trinajstić information content (AvgIpc) is 1.60. The standard InChI is InChI=1S/C29H29N3O3.C26H23ClN2O.C17H14N2.C16H15N.C9H10BrClO.C9H11ClO2.CClNO3S.FH.H2/c30-19-27-26-18-24(34)10-13-28(26)32(29(27)22-6-8-23(33)9-7-22)20-21-4-11-25(12-5-21)35-17-16-31-14-2-1-3-15-31;1-18-3-8-21(9-4-18)26-24(16-28)23-15-19(2)5-12-25(23)29(26)17-20-6-10-22(11-7-20)30-14-13-27;1-11-3-6-13(7-4-11)17-15(10-18)14-9-12(2)5-8-16(14)19-17;1-11-3-6-13(7-4-11)16-10-14-9-12(2)5-8-15(14)17-16;10-7-8-1-3-9(4-2-8)12-6-5-11;10-5-6-12-9-3-1-8(7-11)2-4-9;2-7(5,6)3-1-4;;/h4-13,18,33-34H,1-3,14-17,20H2;3-12,15H,13-14,17H2,1-2H3;3-9,19H,1-2H3;3-10,17H,1-2H3;1-4H,5-7H2;1-4,11H,5-7H2;;2*1H/i;;;;;;;;1+2. The lowest BCUT2D eigenvalue weighted by Gasteiger charge is -2.26. The molecule has 5 N–H and O–H groups in total. The number of aliphatic hydroxyl groups excluding tert-OH is 1. The van der Waals surface area contributed by atoms with Crippen molar-refractivity contribution in [3.05, 3.63) is 345 Å². The Hall–Kier alpha value is -13.1. The van der Waals surface area contributed by atoms with Gasteiger partial charge in [-0.2, -0.15) is 24.2 Å². The second-order valence-corrected chi connectivity index (χ2v) is 35.2. The number of rotatable bonds is 24. The number of isocyanates is 1. The van der Waals surface area contributed by atoms with Gasteiger partial charge in [-0.05, 0) is 245 Å². The summed E-state index contributed by atoms with van der Waals surface area (Å²) in [5.74, 6) is 5.09. The Bertz CT molecular complexity index is 6750. The fraction of sp³-hybridized carbons (Fsp3) is 0.215. The first-order chi connectivity index (χ1) is 63.9. The van der Waals surface area contributed by atoms with Crippen molar-refractivity contribution in [3.8, 4) is 97.7 Å². The van der Waals surface area contributed by atoms with Gasteiger partial charge in [-0.15, -0.1) is 34.8 Å². The molecule has 26 heteroatoms. The number of fused-ring (bicyclic) bond motifs is 4. The third-order valence-corrected chi connectivity index (χ3v) is 23.1. The van der Waals surface area contributed by atoms with Gasteiger partial charge in [0.1, 0.15) is 79.1 Å². The van der Waals surface area contributed by atoms with Crippen molar-refractivity contribution in [2.45, 2.75) is 85.8 Å². The average molecular weight is 1950 g/mol. The first-order valence-corrected chi connectivity index (χ1v) is 47.8. The van der Waals surface area contributed by atoms with E-state index in [1.54, 1.807) is 36.4 Å². The van der Waals surface area contributed by atoms with Crippen molar-refractivity contribution in [3.63, 3.8) is 0 Å². The zero-order valence-electron chi connectivity index (χ0n) is 74.5. The molecule has 0 atom stereocenters. The summed E-state index contributed by atoms with van der Waals surface area (Å²) < 4.78 is 47.8. The predicted octanol–water partition coefficient (Wildman–Crippen LogP) is 25.9. The summed E-state index contributed by atoms with van der Waals surface area (Å²) in [5.41, 5.74) is 25.7. The number of phenolic OH excluding ortho intramolecular Hbond substituents is 2. The van der Waals surface area contributed by atoms with E-state index in [2.05, 4.69) is 247 Å². The zero-order chi connectivity index (χ0) is 94.1. The summed E-state index contributed by atoms with van der Waals surface area (Å²) in [6.45, 7) is 19.3. The molecule has 0 saturated carbocycles. The molecule has 16 aromatic rings. The van der Waals surface area contributed by atoms with Crippen LogP contribution in [-0.4, -0.2) is 118 Å². The number of carbonyl (C=O) groups excluding carboxylic acids is 1. The minimum atomic E-state index is -4.00. The maximum absolute atomic E-state index is 10.1. The number of nitrogens with zero attached hydrogens (tertiary/aromatic N) is 7. The summed E-state index contributed by atoms with van der Waals surface area (Å²) in [6.07, 6.45) is 4.66. The number of hydrogen-bond donors (Lipinski definition) is 5. The minimum Gasteiger partial charge on any atom is -0.508 e. The van der Waals surface area contributed by atoms with E-state index in [9.17, 15) is 34.4 Å². The van der Waals surface area contributed by atoms with Crippen LogP contribution >= 0.6 is 61.4 Å². The molecule has 1 fully saturated rings. The third kappa shape index (κ3) is 29.4. The molecular formula is C107H105BrCl4FN9O10S. The lowest BCUT2D eigenvalue weighted by Crippen LogP contribution is -2.33. The van der Waals surface area contributed by atoms with Crippen molar-refractivity contribution in [2.24, 2.45) is 4.40 Å². The minimum absolute atomic E-state index is 0. The van der Waals surface area contributed by atoms with Gasteiger partial charge in [-0.1, -0.05) is 200 Å². The molecule has 0 aliphatic carbocycles. The monoisotopic (exact) mass is 1950 g/mol. The van der Waals surface area contributed by atoms with Gasteiger partial charge in [0, 0.05) is 75.3 Å². The number of nitriles is 3. The zero-order valence-corrected chi connectivity index (χ0v) is 80.0. The number of aliphatic hydroxyl groups is 1. The summed E-state index contributed by atoms with van der Waals surface area (Å²) in [4.78, 5) is 18.3. The number of hydrogen-bond acceptors (Lipinski definition) is 14. The van der Waals surface area contributed by atoms with Gasteiger partial charge >= 0.3 is 9.24 Å². The van der Waals surface area contributed by atoms with E-state index < -0.39 is 9.24 Å². The fourth-order valence-electron chi connectivity index (χ4n) is 14.9. The smallest absolute Gasteiger partial charge is 0.350 e. The molecule has 0 bridgehead atoms. The lowest BCUT2D eigenvalue weighted by atomic mass is 10.0. The molecule has 1 aliphatic heterocycles. The number of likely N-dealkylation sites (tertiary alicyclic amines) is 1. The molecule has 0 radical (unpaired) electrons. The maximum atomic E-state index is 10.1. The number of aromatic amines is 2. The van der Waals surface area contributed by atoms with Gasteiger partial charge in [0.25, 0.3) is 6.08 Å². The van der Waals surface area contributed by atoms with Crippen LogP contribution in [0.4, 0.5) is 4.70 Å². The second-order valence-electron chi connectivity index (χ2n) is 31.3. The Morgan fingerprint density at radius 2 is 0.827 bits per heavy atom.